The molecule has 3 N–H and O–H groups in total. The van der Waals surface area contributed by atoms with Gasteiger partial charge >= 0.3 is 0 Å². The van der Waals surface area contributed by atoms with Gasteiger partial charge in [0.1, 0.15) is 0 Å². The van der Waals surface area contributed by atoms with Gasteiger partial charge in [-0.3, -0.25) is 4.79 Å². The summed E-state index contributed by atoms with van der Waals surface area (Å²) >= 11 is 0. The van der Waals surface area contributed by atoms with Crippen molar-refractivity contribution < 1.29 is 29.2 Å². The predicted molar refractivity (Wildman–Crippen MR) is 96.0 cm³/mol. The number of hydrogen-bond donors (Lipinski definition) is 3. The highest BCUT2D eigenvalue weighted by molar-refractivity contribution is 6.05. The Balaban J connectivity index is 2.06. The number of hydrogen-bond acceptors (Lipinski definition) is 7. The fourth-order valence-corrected chi connectivity index (χ4v) is 3.33. The second kappa shape index (κ2) is 6.67. The lowest BCUT2D eigenvalue weighted by Crippen LogP contribution is -2.23. The van der Waals surface area contributed by atoms with Gasteiger partial charge in [-0.25, -0.2) is 0 Å². The molecule has 2 aromatic rings. The van der Waals surface area contributed by atoms with Crippen LogP contribution < -0.4 is 19.5 Å². The zero-order chi connectivity index (χ0) is 19.0. The maximum absolute atomic E-state index is 13.2. The van der Waals surface area contributed by atoms with Crippen molar-refractivity contribution in [1.82, 2.24) is 0 Å². The maximum Gasteiger partial charge on any atom is 0.200 e. The zero-order valence-corrected chi connectivity index (χ0v) is 15.0. The third-order valence-electron chi connectivity index (χ3n) is 4.65. The van der Waals surface area contributed by atoms with E-state index in [9.17, 15) is 15.0 Å². The average Bonchev–Trinajstić information content (AvgIpc) is 2.98. The minimum atomic E-state index is -0.513. The molecule has 138 valence electrons. The fraction of sp³-hybridized carbons (Fsp3) is 0.316. The average molecular weight is 359 g/mol. The molecule has 26 heavy (non-hydrogen) atoms. The molecule has 0 spiro atoms. The van der Waals surface area contributed by atoms with Crippen molar-refractivity contribution in [2.75, 3.05) is 26.6 Å². The van der Waals surface area contributed by atoms with Gasteiger partial charge in [0.2, 0.25) is 5.75 Å². The summed E-state index contributed by atoms with van der Waals surface area (Å²) in [5.74, 6) is -0.219. The molecule has 0 aromatic heterocycles. The largest absolute Gasteiger partial charge is 0.503 e. The van der Waals surface area contributed by atoms with Gasteiger partial charge in [-0.15, -0.1) is 0 Å². The lowest BCUT2D eigenvalue weighted by atomic mass is 9.87. The van der Waals surface area contributed by atoms with Gasteiger partial charge in [-0.1, -0.05) is 6.07 Å². The lowest BCUT2D eigenvalue weighted by molar-refractivity contribution is 0.0955. The van der Waals surface area contributed by atoms with Crippen LogP contribution in [0.2, 0.25) is 0 Å². The zero-order valence-electron chi connectivity index (χ0n) is 15.0. The minimum absolute atomic E-state index is 0.0204. The first kappa shape index (κ1) is 17.7. The van der Waals surface area contributed by atoms with Crippen LogP contribution in [-0.2, 0) is 0 Å². The molecule has 3 rings (SSSR count). The summed E-state index contributed by atoms with van der Waals surface area (Å²) < 4.78 is 15.4. The van der Waals surface area contributed by atoms with Gasteiger partial charge < -0.3 is 29.7 Å². The minimum Gasteiger partial charge on any atom is -0.503 e. The lowest BCUT2D eigenvalue weighted by Gasteiger charge is -2.17. The highest BCUT2D eigenvalue weighted by Gasteiger charge is 2.38. The van der Waals surface area contributed by atoms with E-state index in [4.69, 9.17) is 14.2 Å². The van der Waals surface area contributed by atoms with Gasteiger partial charge in [0, 0.05) is 11.6 Å². The van der Waals surface area contributed by atoms with Crippen molar-refractivity contribution in [3.05, 3.63) is 35.4 Å². The van der Waals surface area contributed by atoms with Crippen LogP contribution in [0, 0.1) is 0 Å². The maximum atomic E-state index is 13.2. The van der Waals surface area contributed by atoms with Crippen LogP contribution in [0.3, 0.4) is 0 Å². The van der Waals surface area contributed by atoms with Crippen LogP contribution in [-0.4, -0.2) is 43.4 Å². The van der Waals surface area contributed by atoms with E-state index in [1.807, 2.05) is 6.92 Å². The van der Waals surface area contributed by atoms with E-state index in [1.54, 1.807) is 12.1 Å². The van der Waals surface area contributed by atoms with Gasteiger partial charge in [-0.2, -0.15) is 0 Å². The first-order valence-electron chi connectivity index (χ1n) is 8.08. The van der Waals surface area contributed by atoms with Crippen molar-refractivity contribution in [3.63, 3.8) is 0 Å². The molecule has 0 radical (unpaired) electrons. The molecular weight excluding hydrogens is 338 g/mol. The summed E-state index contributed by atoms with van der Waals surface area (Å²) in [6, 6.07) is 6.12. The van der Waals surface area contributed by atoms with Crippen molar-refractivity contribution in [1.29, 1.82) is 0 Å². The number of methoxy groups -OCH3 is 3. The van der Waals surface area contributed by atoms with E-state index in [-0.39, 0.29) is 34.8 Å². The smallest absolute Gasteiger partial charge is 0.200 e. The van der Waals surface area contributed by atoms with E-state index < -0.39 is 5.92 Å². The van der Waals surface area contributed by atoms with E-state index in [2.05, 4.69) is 5.32 Å². The number of Topliss-reactive ketones (excluding diaryl/α,β-unsaturated/α-hetero) is 1. The summed E-state index contributed by atoms with van der Waals surface area (Å²) in [5.41, 5.74) is 1.53. The van der Waals surface area contributed by atoms with Crippen LogP contribution in [0.15, 0.2) is 24.3 Å². The first-order chi connectivity index (χ1) is 12.4. The number of anilines is 1. The summed E-state index contributed by atoms with van der Waals surface area (Å²) in [7, 11) is 4.28. The van der Waals surface area contributed by atoms with E-state index in [1.165, 1.54) is 33.5 Å². The Labute approximate surface area is 151 Å². The third kappa shape index (κ3) is 2.65. The molecule has 0 amide bonds. The van der Waals surface area contributed by atoms with E-state index >= 15 is 0 Å². The third-order valence-corrected chi connectivity index (χ3v) is 4.65. The monoisotopic (exact) mass is 359 g/mol. The number of ether oxygens (including phenoxy) is 3. The Kier molecular flexibility index (Phi) is 4.54. The molecule has 0 fully saturated rings. The Bertz CT molecular complexity index is 838. The predicted octanol–water partition coefficient (Wildman–Crippen LogP) is 2.90. The highest BCUT2D eigenvalue weighted by atomic mass is 16.5. The molecule has 1 heterocycles. The Morgan fingerprint density at radius 2 is 1.54 bits per heavy atom. The number of ketones is 1. The number of fused-ring (bicyclic) bond motifs is 1. The van der Waals surface area contributed by atoms with Crippen LogP contribution >= 0.6 is 0 Å². The second-order valence-electron chi connectivity index (χ2n) is 6.08. The van der Waals surface area contributed by atoms with Crippen LogP contribution in [0.4, 0.5) is 5.69 Å². The number of phenolic OH excluding ortho intramolecular Hbond substituents is 2. The Hall–Kier alpha value is -3.09. The molecule has 7 heteroatoms. The molecule has 0 saturated heterocycles. The van der Waals surface area contributed by atoms with Crippen molar-refractivity contribution in [2.45, 2.75) is 18.9 Å². The van der Waals surface area contributed by atoms with Crippen LogP contribution in [0.25, 0.3) is 0 Å². The first-order valence-corrected chi connectivity index (χ1v) is 8.08. The van der Waals surface area contributed by atoms with E-state index in [0.29, 0.717) is 22.6 Å². The van der Waals surface area contributed by atoms with Gasteiger partial charge in [0.25, 0.3) is 0 Å². The molecule has 7 nitrogen and oxygen atoms in total. The standard InChI is InChI=1S/C19H21NO6/c1-9-15(11-5-6-12(24-2)19(23)16(11)20-9)17(21)10-7-13(25-3)18(22)14(8-10)26-4/h5-9,15,20,22-23H,1-4H3. The number of aromatic hydroxyl groups is 2. The molecule has 2 unspecified atom stereocenters. The molecular formula is C19H21NO6. The summed E-state index contributed by atoms with van der Waals surface area (Å²) in [6.45, 7) is 1.86. The number of rotatable bonds is 5. The molecule has 2 aromatic carbocycles. The molecule has 0 bridgehead atoms. The Morgan fingerprint density at radius 1 is 0.962 bits per heavy atom. The number of phenols is 2. The van der Waals surface area contributed by atoms with Crippen molar-refractivity contribution in [3.8, 4) is 28.7 Å². The van der Waals surface area contributed by atoms with Crippen LogP contribution in [0.1, 0.15) is 28.8 Å². The molecule has 1 aliphatic rings. The van der Waals surface area contributed by atoms with Gasteiger partial charge in [-0.05, 0) is 30.7 Å². The second-order valence-corrected chi connectivity index (χ2v) is 6.08. The SMILES string of the molecule is COc1cc(C(=O)C2c3ccc(OC)c(O)c3NC2C)cc(OC)c1O. The van der Waals surface area contributed by atoms with Crippen molar-refractivity contribution in [2.24, 2.45) is 0 Å². The van der Waals surface area contributed by atoms with E-state index in [0.717, 1.165) is 0 Å². The molecule has 2 atom stereocenters. The number of benzene rings is 2. The van der Waals surface area contributed by atoms with Gasteiger partial charge in [0.05, 0.1) is 32.9 Å². The quantitative estimate of drug-likeness (QED) is 0.558. The number of nitrogens with one attached hydrogen (secondary N) is 1. The number of carbonyl (C=O) groups excluding carboxylic acids is 1. The fourth-order valence-electron chi connectivity index (χ4n) is 3.33. The normalized spacial score (nSPS) is 18.0. The topological polar surface area (TPSA) is 97.3 Å². The molecule has 0 aliphatic carbocycles. The highest BCUT2D eigenvalue weighted by Crippen LogP contribution is 2.47. The Morgan fingerprint density at radius 3 is 2.08 bits per heavy atom. The van der Waals surface area contributed by atoms with Gasteiger partial charge in [0.15, 0.2) is 28.8 Å². The summed E-state index contributed by atoms with van der Waals surface area (Å²) in [5, 5.41) is 23.5. The van der Waals surface area contributed by atoms with Crippen LogP contribution in [0.5, 0.6) is 28.7 Å². The number of carbonyl (C=O) groups is 1. The van der Waals surface area contributed by atoms with Crippen molar-refractivity contribution >= 4 is 11.5 Å². The molecule has 0 saturated carbocycles. The summed E-state index contributed by atoms with van der Waals surface area (Å²) in [4.78, 5) is 13.2. The molecule has 1 aliphatic heterocycles. The summed E-state index contributed by atoms with van der Waals surface area (Å²) in [6.07, 6.45) is 0.